The number of primary amides is 1. The molecule has 19 heavy (non-hydrogen) atoms. The maximum atomic E-state index is 11.1. The highest BCUT2D eigenvalue weighted by molar-refractivity contribution is 6.11. The lowest BCUT2D eigenvalue weighted by molar-refractivity contribution is -0.114. The first-order valence-corrected chi connectivity index (χ1v) is 6.05. The summed E-state index contributed by atoms with van der Waals surface area (Å²) >= 11 is 0. The highest BCUT2D eigenvalue weighted by atomic mass is 16.1. The Balaban J connectivity index is 2.24. The smallest absolute Gasteiger partial charge is 0.253 e. The maximum Gasteiger partial charge on any atom is 0.253 e. The van der Waals surface area contributed by atoms with E-state index in [1.807, 2.05) is 18.2 Å². The monoisotopic (exact) mass is 259 g/mol. The Kier molecular flexibility index (Phi) is 3.70. The minimum absolute atomic E-state index is 0.0316. The minimum Gasteiger partial charge on any atom is -0.385 e. The Morgan fingerprint density at radius 1 is 1.42 bits per heavy atom. The molecule has 1 aliphatic rings. The van der Waals surface area contributed by atoms with Crippen LogP contribution < -0.4 is 22.1 Å². The number of carbonyl (C=O) groups excluding carboxylic acids is 1. The number of amides is 1. The molecule has 0 fully saturated rings. The van der Waals surface area contributed by atoms with Crippen molar-refractivity contribution in [3.63, 3.8) is 0 Å². The number of rotatable bonds is 4. The molecule has 0 bridgehead atoms. The summed E-state index contributed by atoms with van der Waals surface area (Å²) in [5.41, 5.74) is 14.0. The van der Waals surface area contributed by atoms with Gasteiger partial charge in [0.05, 0.1) is 5.57 Å². The minimum atomic E-state index is -0.723. The van der Waals surface area contributed by atoms with Gasteiger partial charge in [-0.2, -0.15) is 0 Å². The Morgan fingerprint density at radius 3 is 2.89 bits per heavy atom. The molecule has 0 aliphatic carbocycles. The Bertz CT molecular complexity index is 550. The SMILES string of the molecule is N=C/C(C(N)=O)=C(\N)Nc1ccc2c(c1)CCCN2. The number of fused-ring (bicyclic) bond motifs is 1. The van der Waals surface area contributed by atoms with Crippen LogP contribution in [0, 0.1) is 5.41 Å². The first-order chi connectivity index (χ1) is 9.11. The van der Waals surface area contributed by atoms with E-state index in [1.165, 1.54) is 5.56 Å². The molecule has 1 heterocycles. The third-order valence-electron chi connectivity index (χ3n) is 3.02. The van der Waals surface area contributed by atoms with Gasteiger partial charge >= 0.3 is 0 Å². The molecule has 6 heteroatoms. The molecule has 1 aliphatic heterocycles. The number of nitrogens with two attached hydrogens (primary N) is 2. The Morgan fingerprint density at radius 2 is 2.21 bits per heavy atom. The van der Waals surface area contributed by atoms with Crippen LogP contribution in [0.3, 0.4) is 0 Å². The van der Waals surface area contributed by atoms with E-state index >= 15 is 0 Å². The van der Waals surface area contributed by atoms with Gasteiger partial charge < -0.3 is 27.5 Å². The summed E-state index contributed by atoms with van der Waals surface area (Å²) < 4.78 is 0. The lowest BCUT2D eigenvalue weighted by Gasteiger charge is -2.19. The van der Waals surface area contributed by atoms with Crippen molar-refractivity contribution in [1.29, 1.82) is 5.41 Å². The number of nitrogens with one attached hydrogen (secondary N) is 3. The second-order valence-corrected chi connectivity index (χ2v) is 4.36. The number of aryl methyl sites for hydroxylation is 1. The molecule has 0 spiro atoms. The van der Waals surface area contributed by atoms with Crippen molar-refractivity contribution in [2.24, 2.45) is 11.5 Å². The highest BCUT2D eigenvalue weighted by Gasteiger charge is 2.11. The van der Waals surface area contributed by atoms with Crippen LogP contribution in [0.2, 0.25) is 0 Å². The van der Waals surface area contributed by atoms with Crippen molar-refractivity contribution < 1.29 is 4.79 Å². The van der Waals surface area contributed by atoms with E-state index in [9.17, 15) is 4.79 Å². The zero-order valence-electron chi connectivity index (χ0n) is 10.5. The van der Waals surface area contributed by atoms with Crippen molar-refractivity contribution in [3.8, 4) is 0 Å². The lowest BCUT2D eigenvalue weighted by Crippen LogP contribution is -2.23. The molecular weight excluding hydrogens is 242 g/mol. The molecule has 2 rings (SSSR count). The van der Waals surface area contributed by atoms with Gasteiger partial charge in [-0.15, -0.1) is 0 Å². The molecule has 0 radical (unpaired) electrons. The van der Waals surface area contributed by atoms with Crippen LogP contribution >= 0.6 is 0 Å². The van der Waals surface area contributed by atoms with Crippen molar-refractivity contribution in [3.05, 3.63) is 35.2 Å². The molecule has 0 atom stereocenters. The van der Waals surface area contributed by atoms with E-state index in [1.54, 1.807) is 0 Å². The summed E-state index contributed by atoms with van der Waals surface area (Å²) in [6.45, 7) is 0.988. The van der Waals surface area contributed by atoms with E-state index < -0.39 is 5.91 Å². The molecule has 100 valence electrons. The second kappa shape index (κ2) is 5.43. The summed E-state index contributed by atoms with van der Waals surface area (Å²) in [4.78, 5) is 11.1. The van der Waals surface area contributed by atoms with Gasteiger partial charge in [0.25, 0.3) is 5.91 Å². The number of carbonyl (C=O) groups is 1. The summed E-state index contributed by atoms with van der Waals surface area (Å²) in [5, 5.41) is 13.3. The third-order valence-corrected chi connectivity index (χ3v) is 3.02. The molecule has 6 nitrogen and oxygen atoms in total. The van der Waals surface area contributed by atoms with Crippen LogP contribution in [0.4, 0.5) is 11.4 Å². The predicted molar refractivity (Wildman–Crippen MR) is 76.1 cm³/mol. The predicted octanol–water partition coefficient (Wildman–Crippen LogP) is 0.762. The largest absolute Gasteiger partial charge is 0.385 e. The topological polar surface area (TPSA) is 117 Å². The van der Waals surface area contributed by atoms with Gasteiger partial charge in [0.2, 0.25) is 0 Å². The fourth-order valence-electron chi connectivity index (χ4n) is 2.06. The molecule has 0 unspecified atom stereocenters. The fourth-order valence-corrected chi connectivity index (χ4v) is 2.06. The summed E-state index contributed by atoms with van der Waals surface area (Å²) in [7, 11) is 0. The van der Waals surface area contributed by atoms with Crippen LogP contribution in [-0.2, 0) is 11.2 Å². The van der Waals surface area contributed by atoms with Crippen molar-refractivity contribution >= 4 is 23.5 Å². The molecule has 7 N–H and O–H groups in total. The number of hydrogen-bond donors (Lipinski definition) is 5. The molecule has 1 aromatic rings. The average Bonchev–Trinajstić information content (AvgIpc) is 2.39. The van der Waals surface area contributed by atoms with Gasteiger partial charge in [-0.1, -0.05) is 0 Å². The molecule has 0 aromatic heterocycles. The van der Waals surface area contributed by atoms with E-state index in [0.29, 0.717) is 0 Å². The van der Waals surface area contributed by atoms with Crippen LogP contribution in [0.25, 0.3) is 0 Å². The van der Waals surface area contributed by atoms with Crippen LogP contribution in [-0.4, -0.2) is 18.7 Å². The Labute approximate surface area is 111 Å². The van der Waals surface area contributed by atoms with E-state index in [2.05, 4.69) is 10.6 Å². The van der Waals surface area contributed by atoms with Gasteiger partial charge in [0.1, 0.15) is 5.82 Å². The van der Waals surface area contributed by atoms with Crippen molar-refractivity contribution in [2.75, 3.05) is 17.2 Å². The molecule has 1 aromatic carbocycles. The molecule has 0 saturated carbocycles. The molecule has 0 saturated heterocycles. The zero-order valence-corrected chi connectivity index (χ0v) is 10.5. The van der Waals surface area contributed by atoms with E-state index in [-0.39, 0.29) is 11.4 Å². The third kappa shape index (κ3) is 2.85. The number of hydrogen-bond acceptors (Lipinski definition) is 5. The van der Waals surface area contributed by atoms with Gasteiger partial charge in [-0.05, 0) is 36.6 Å². The van der Waals surface area contributed by atoms with Gasteiger partial charge in [-0.25, -0.2) is 0 Å². The quantitative estimate of drug-likeness (QED) is 0.405. The van der Waals surface area contributed by atoms with Crippen LogP contribution in [0.1, 0.15) is 12.0 Å². The Hall–Kier alpha value is -2.50. The van der Waals surface area contributed by atoms with Crippen molar-refractivity contribution in [2.45, 2.75) is 12.8 Å². The fraction of sp³-hybridized carbons (Fsp3) is 0.231. The van der Waals surface area contributed by atoms with Crippen LogP contribution in [0.15, 0.2) is 29.6 Å². The second-order valence-electron chi connectivity index (χ2n) is 4.36. The highest BCUT2D eigenvalue weighted by Crippen LogP contribution is 2.25. The van der Waals surface area contributed by atoms with E-state index in [0.717, 1.165) is 37.0 Å². The van der Waals surface area contributed by atoms with Gasteiger partial charge in [-0.3, -0.25) is 4.79 Å². The van der Waals surface area contributed by atoms with Crippen molar-refractivity contribution in [1.82, 2.24) is 0 Å². The number of benzene rings is 1. The number of anilines is 2. The van der Waals surface area contributed by atoms with Crippen LogP contribution in [0.5, 0.6) is 0 Å². The average molecular weight is 259 g/mol. The first kappa shape index (κ1) is 12.9. The van der Waals surface area contributed by atoms with Gasteiger partial charge in [0.15, 0.2) is 0 Å². The summed E-state index contributed by atoms with van der Waals surface area (Å²) in [6.07, 6.45) is 2.95. The van der Waals surface area contributed by atoms with Gasteiger partial charge in [0, 0.05) is 24.1 Å². The standard InChI is InChI=1S/C13H17N5O/c14-7-10(13(16)19)12(15)18-9-3-4-11-8(6-9)2-1-5-17-11/h3-4,6-7,14,17-18H,1-2,5,15H2,(H2,16,19)/b12-10-,14-7?. The van der Waals surface area contributed by atoms with E-state index in [4.69, 9.17) is 16.9 Å². The maximum absolute atomic E-state index is 11.1. The lowest BCUT2D eigenvalue weighted by atomic mass is 10.0. The normalized spacial score (nSPS) is 14.7. The first-order valence-electron chi connectivity index (χ1n) is 6.05. The molecule has 1 amide bonds. The molecular formula is C13H17N5O. The summed E-state index contributed by atoms with van der Waals surface area (Å²) in [5.74, 6) is -0.633. The zero-order chi connectivity index (χ0) is 13.8. The summed E-state index contributed by atoms with van der Waals surface area (Å²) in [6, 6.07) is 5.82.